The lowest BCUT2D eigenvalue weighted by Gasteiger charge is -2.09. The lowest BCUT2D eigenvalue weighted by Crippen LogP contribution is -2.33. The van der Waals surface area contributed by atoms with E-state index in [-0.39, 0.29) is 33.3 Å². The Labute approximate surface area is 208 Å². The van der Waals surface area contributed by atoms with E-state index < -0.39 is 27.2 Å². The topological polar surface area (TPSA) is 161 Å². The lowest BCUT2D eigenvalue weighted by molar-refractivity contribution is 0.0955. The van der Waals surface area contributed by atoms with Gasteiger partial charge in [0.1, 0.15) is 10.5 Å². The SMILES string of the molecule is COc1ccc(-n2c(=O)[nH]c3cc(C(=O)NCc4ccc(NS(C)(=O)=O)cc4)sc3c2=O)nc1OC. The van der Waals surface area contributed by atoms with Crippen molar-refractivity contribution in [1.29, 1.82) is 0 Å². The predicted molar refractivity (Wildman–Crippen MR) is 135 cm³/mol. The van der Waals surface area contributed by atoms with E-state index in [2.05, 4.69) is 20.0 Å². The van der Waals surface area contributed by atoms with Crippen molar-refractivity contribution in [2.24, 2.45) is 0 Å². The van der Waals surface area contributed by atoms with Gasteiger partial charge in [0.2, 0.25) is 10.0 Å². The molecule has 14 heteroatoms. The molecule has 1 aromatic carbocycles. The third-order valence-corrected chi connectivity index (χ3v) is 6.69. The number of carbonyl (C=O) groups is 1. The number of aromatic nitrogens is 3. The van der Waals surface area contributed by atoms with Crippen molar-refractivity contribution < 1.29 is 22.7 Å². The van der Waals surface area contributed by atoms with Gasteiger partial charge in [0.25, 0.3) is 17.3 Å². The van der Waals surface area contributed by atoms with Crippen LogP contribution in [0.15, 0.2) is 52.1 Å². The maximum Gasteiger partial charge on any atom is 0.334 e. The van der Waals surface area contributed by atoms with Gasteiger partial charge in [-0.3, -0.25) is 14.3 Å². The molecule has 12 nitrogen and oxygen atoms in total. The zero-order chi connectivity index (χ0) is 26.0. The predicted octanol–water partition coefficient (Wildman–Crippen LogP) is 1.45. The summed E-state index contributed by atoms with van der Waals surface area (Å²) in [5.74, 6) is 0.0375. The molecule has 3 heterocycles. The molecule has 0 atom stereocenters. The normalized spacial score (nSPS) is 11.3. The number of nitrogens with zero attached hydrogens (tertiary/aromatic N) is 2. The molecule has 0 radical (unpaired) electrons. The molecule has 0 unspecified atom stereocenters. The first-order valence-electron chi connectivity index (χ1n) is 10.3. The minimum atomic E-state index is -3.39. The molecular weight excluding hydrogens is 510 g/mol. The summed E-state index contributed by atoms with van der Waals surface area (Å²) in [5.41, 5.74) is 0.0134. The van der Waals surface area contributed by atoms with Crippen molar-refractivity contribution in [2.45, 2.75) is 6.54 Å². The third kappa shape index (κ3) is 5.23. The molecule has 0 saturated heterocycles. The number of carbonyl (C=O) groups excluding carboxylic acids is 1. The van der Waals surface area contributed by atoms with E-state index in [0.717, 1.165) is 27.7 Å². The van der Waals surface area contributed by atoms with E-state index >= 15 is 0 Å². The fraction of sp³-hybridized carbons (Fsp3) is 0.182. The molecule has 4 aromatic rings. The molecule has 1 amide bonds. The highest BCUT2D eigenvalue weighted by molar-refractivity contribution is 7.92. The summed E-state index contributed by atoms with van der Waals surface area (Å²) in [6, 6.07) is 10.9. The highest BCUT2D eigenvalue weighted by Crippen LogP contribution is 2.25. The molecule has 0 saturated carbocycles. The fourth-order valence-corrected chi connectivity index (χ4v) is 4.87. The van der Waals surface area contributed by atoms with Crippen LogP contribution in [0.3, 0.4) is 0 Å². The smallest absolute Gasteiger partial charge is 0.334 e. The number of pyridine rings is 1. The lowest BCUT2D eigenvalue weighted by atomic mass is 10.2. The van der Waals surface area contributed by atoms with Crippen LogP contribution in [0, 0.1) is 0 Å². The van der Waals surface area contributed by atoms with Gasteiger partial charge in [0.05, 0.1) is 30.9 Å². The van der Waals surface area contributed by atoms with Crippen molar-refractivity contribution >= 4 is 43.2 Å². The Balaban J connectivity index is 1.57. The zero-order valence-corrected chi connectivity index (χ0v) is 21.0. The minimum Gasteiger partial charge on any atom is -0.491 e. The molecule has 0 spiro atoms. The Bertz CT molecular complexity index is 1670. The summed E-state index contributed by atoms with van der Waals surface area (Å²) in [6.45, 7) is 0.169. The van der Waals surface area contributed by atoms with Gasteiger partial charge in [0.15, 0.2) is 5.75 Å². The van der Waals surface area contributed by atoms with Crippen LogP contribution < -0.4 is 30.8 Å². The van der Waals surface area contributed by atoms with Gasteiger partial charge < -0.3 is 19.8 Å². The Kier molecular flexibility index (Phi) is 6.81. The largest absolute Gasteiger partial charge is 0.491 e. The monoisotopic (exact) mass is 531 g/mol. The number of aromatic amines is 1. The zero-order valence-electron chi connectivity index (χ0n) is 19.3. The first kappa shape index (κ1) is 24.9. The van der Waals surface area contributed by atoms with Gasteiger partial charge >= 0.3 is 5.69 Å². The molecule has 3 N–H and O–H groups in total. The van der Waals surface area contributed by atoms with Crippen LogP contribution in [0.2, 0.25) is 0 Å². The second kappa shape index (κ2) is 9.83. The first-order chi connectivity index (χ1) is 17.1. The van der Waals surface area contributed by atoms with E-state index in [1.165, 1.54) is 32.4 Å². The highest BCUT2D eigenvalue weighted by Gasteiger charge is 2.18. The number of rotatable bonds is 8. The average Bonchev–Trinajstić information content (AvgIpc) is 3.26. The summed E-state index contributed by atoms with van der Waals surface area (Å²) >= 11 is 0.935. The Morgan fingerprint density at radius 1 is 1.11 bits per heavy atom. The van der Waals surface area contributed by atoms with Crippen LogP contribution in [0.1, 0.15) is 15.2 Å². The summed E-state index contributed by atoms with van der Waals surface area (Å²) in [5, 5.41) is 2.74. The molecular formula is C22H21N5O7S2. The van der Waals surface area contributed by atoms with E-state index in [0.29, 0.717) is 11.4 Å². The van der Waals surface area contributed by atoms with E-state index in [9.17, 15) is 22.8 Å². The van der Waals surface area contributed by atoms with E-state index in [1.807, 2.05) is 0 Å². The van der Waals surface area contributed by atoms with Gasteiger partial charge in [-0.25, -0.2) is 17.8 Å². The Morgan fingerprint density at radius 3 is 2.47 bits per heavy atom. The molecule has 0 aliphatic rings. The molecule has 36 heavy (non-hydrogen) atoms. The number of methoxy groups -OCH3 is 2. The highest BCUT2D eigenvalue weighted by atomic mass is 32.2. The van der Waals surface area contributed by atoms with Crippen molar-refractivity contribution in [3.63, 3.8) is 0 Å². The van der Waals surface area contributed by atoms with Crippen molar-refractivity contribution in [3.8, 4) is 17.4 Å². The van der Waals surface area contributed by atoms with Crippen molar-refractivity contribution in [1.82, 2.24) is 19.9 Å². The number of sulfonamides is 1. The quantitative estimate of drug-likeness (QED) is 0.308. The number of benzene rings is 1. The maximum absolute atomic E-state index is 13.1. The summed E-state index contributed by atoms with van der Waals surface area (Å²) in [7, 11) is -0.562. The van der Waals surface area contributed by atoms with Gasteiger partial charge in [-0.2, -0.15) is 4.98 Å². The molecule has 0 aliphatic heterocycles. The maximum atomic E-state index is 13.1. The first-order valence-corrected chi connectivity index (χ1v) is 13.0. The number of ether oxygens (including phenoxy) is 2. The van der Waals surface area contributed by atoms with Gasteiger partial charge in [-0.1, -0.05) is 12.1 Å². The average molecular weight is 532 g/mol. The molecule has 0 bridgehead atoms. The fourth-order valence-electron chi connectivity index (χ4n) is 3.35. The van der Waals surface area contributed by atoms with Crippen LogP contribution >= 0.6 is 11.3 Å². The number of thiophene rings is 1. The van der Waals surface area contributed by atoms with Crippen LogP contribution in [-0.4, -0.2) is 49.3 Å². The third-order valence-electron chi connectivity index (χ3n) is 4.96. The van der Waals surface area contributed by atoms with E-state index in [1.54, 1.807) is 24.3 Å². The standard InChI is InChI=1S/C22H21N5O7S2/c1-33-15-8-9-17(25-20(15)34-2)27-21(29)18-14(24-22(27)30)10-16(35-18)19(28)23-11-12-4-6-13(7-5-12)26-36(3,31)32/h4-10,26H,11H2,1-3H3,(H,23,28)(H,24,30). The Hall–Kier alpha value is -4.17. The minimum absolute atomic E-state index is 0.0361. The van der Waals surface area contributed by atoms with Crippen LogP contribution in [-0.2, 0) is 16.6 Å². The molecule has 188 valence electrons. The van der Waals surface area contributed by atoms with Crippen LogP contribution in [0.25, 0.3) is 16.0 Å². The van der Waals surface area contributed by atoms with Crippen molar-refractivity contribution in [2.75, 3.05) is 25.2 Å². The number of anilines is 1. The number of fused-ring (bicyclic) bond motifs is 1. The van der Waals surface area contributed by atoms with Gasteiger partial charge in [0, 0.05) is 12.2 Å². The number of hydrogen-bond acceptors (Lipinski definition) is 9. The number of nitrogens with one attached hydrogen (secondary N) is 3. The second-order valence-electron chi connectivity index (χ2n) is 7.56. The summed E-state index contributed by atoms with van der Waals surface area (Å²) in [4.78, 5) is 45.5. The number of hydrogen-bond donors (Lipinski definition) is 3. The van der Waals surface area contributed by atoms with E-state index in [4.69, 9.17) is 9.47 Å². The van der Waals surface area contributed by atoms with Crippen LogP contribution in [0.5, 0.6) is 11.6 Å². The molecule has 3 aromatic heterocycles. The summed E-state index contributed by atoms with van der Waals surface area (Å²) < 4.78 is 36.3. The molecule has 0 aliphatic carbocycles. The second-order valence-corrected chi connectivity index (χ2v) is 10.4. The van der Waals surface area contributed by atoms with Gasteiger partial charge in [-0.15, -0.1) is 11.3 Å². The number of H-pyrrole nitrogens is 1. The van der Waals surface area contributed by atoms with Crippen molar-refractivity contribution in [3.05, 3.63) is 73.7 Å². The summed E-state index contributed by atoms with van der Waals surface area (Å²) in [6.07, 6.45) is 1.05. The Morgan fingerprint density at radius 2 is 1.83 bits per heavy atom. The number of amides is 1. The van der Waals surface area contributed by atoms with Crippen LogP contribution in [0.4, 0.5) is 5.69 Å². The molecule has 0 fully saturated rings. The molecule has 4 rings (SSSR count). The van der Waals surface area contributed by atoms with Gasteiger partial charge in [-0.05, 0) is 35.9 Å².